The van der Waals surface area contributed by atoms with Crippen molar-refractivity contribution in [1.29, 1.82) is 0 Å². The van der Waals surface area contributed by atoms with E-state index in [9.17, 15) is 4.79 Å². The van der Waals surface area contributed by atoms with Gasteiger partial charge in [-0.05, 0) is 31.5 Å². The molecule has 0 unspecified atom stereocenters. The molecule has 2 aromatic heterocycles. The Morgan fingerprint density at radius 1 is 0.943 bits per heavy atom. The van der Waals surface area contributed by atoms with E-state index < -0.39 is 5.41 Å². The van der Waals surface area contributed by atoms with Crippen LogP contribution in [0.5, 0.6) is 0 Å². The summed E-state index contributed by atoms with van der Waals surface area (Å²) in [4.78, 5) is 27.0. The number of piperazine rings is 1. The minimum absolute atomic E-state index is 0.0987. The predicted molar refractivity (Wildman–Crippen MR) is 139 cm³/mol. The van der Waals surface area contributed by atoms with Crippen molar-refractivity contribution in [1.82, 2.24) is 24.6 Å². The molecule has 0 bridgehead atoms. The normalized spacial score (nSPS) is 14.5. The van der Waals surface area contributed by atoms with E-state index in [1.54, 1.807) is 0 Å². The summed E-state index contributed by atoms with van der Waals surface area (Å²) >= 11 is 6.05. The number of hydrogen-bond acceptors (Lipinski definition) is 5. The van der Waals surface area contributed by atoms with Gasteiger partial charge in [0.25, 0.3) is 0 Å². The number of para-hydroxylation sites is 1. The van der Waals surface area contributed by atoms with Crippen LogP contribution in [-0.4, -0.2) is 62.6 Å². The SMILES string of the molecule is CC(C)(CCl)C(=O)N1CCN(c2nc(Cc3ccccc3)nc3c2cnn3-c2ccccc2)CC1. The molecule has 180 valence electrons. The summed E-state index contributed by atoms with van der Waals surface area (Å²) in [6.45, 7) is 6.44. The molecule has 0 N–H and O–H groups in total. The Hall–Kier alpha value is -3.45. The van der Waals surface area contributed by atoms with E-state index in [1.807, 2.05) is 78.2 Å². The lowest BCUT2D eigenvalue weighted by Crippen LogP contribution is -2.52. The lowest BCUT2D eigenvalue weighted by molar-refractivity contribution is -0.139. The molecule has 0 spiro atoms. The first-order chi connectivity index (χ1) is 17.0. The second kappa shape index (κ2) is 9.66. The van der Waals surface area contributed by atoms with Crippen LogP contribution in [0.25, 0.3) is 16.7 Å². The fourth-order valence-electron chi connectivity index (χ4n) is 4.40. The lowest BCUT2D eigenvalue weighted by atomic mass is 9.94. The van der Waals surface area contributed by atoms with Gasteiger partial charge in [-0.3, -0.25) is 4.79 Å². The molecule has 4 aromatic rings. The molecule has 0 aliphatic carbocycles. The number of aromatic nitrogens is 4. The van der Waals surface area contributed by atoms with Gasteiger partial charge in [-0.2, -0.15) is 5.10 Å². The first kappa shape index (κ1) is 23.3. The fourth-order valence-corrected chi connectivity index (χ4v) is 4.51. The zero-order chi connectivity index (χ0) is 24.4. The van der Waals surface area contributed by atoms with Crippen LogP contribution in [0.15, 0.2) is 66.9 Å². The highest BCUT2D eigenvalue weighted by Crippen LogP contribution is 2.28. The van der Waals surface area contributed by atoms with Crippen molar-refractivity contribution in [3.05, 3.63) is 78.2 Å². The van der Waals surface area contributed by atoms with Crippen LogP contribution in [-0.2, 0) is 11.2 Å². The summed E-state index contributed by atoms with van der Waals surface area (Å²) in [6, 6.07) is 20.3. The molecule has 8 heteroatoms. The van der Waals surface area contributed by atoms with Crippen LogP contribution in [0, 0.1) is 5.41 Å². The molecule has 0 atom stereocenters. The van der Waals surface area contributed by atoms with Crippen LogP contribution < -0.4 is 4.90 Å². The maximum atomic E-state index is 12.9. The van der Waals surface area contributed by atoms with Crippen molar-refractivity contribution in [2.75, 3.05) is 37.0 Å². The zero-order valence-corrected chi connectivity index (χ0v) is 20.8. The summed E-state index contributed by atoms with van der Waals surface area (Å²) in [5.74, 6) is 2.02. The number of rotatable bonds is 6. The number of amides is 1. The van der Waals surface area contributed by atoms with Gasteiger partial charge in [-0.25, -0.2) is 14.6 Å². The number of carbonyl (C=O) groups excluding carboxylic acids is 1. The Morgan fingerprint density at radius 2 is 1.60 bits per heavy atom. The molecule has 1 fully saturated rings. The minimum Gasteiger partial charge on any atom is -0.352 e. The molecular formula is C27H29ClN6O. The molecule has 1 aliphatic heterocycles. The number of alkyl halides is 1. The second-order valence-electron chi connectivity index (χ2n) is 9.55. The van der Waals surface area contributed by atoms with Crippen molar-refractivity contribution >= 4 is 34.4 Å². The van der Waals surface area contributed by atoms with E-state index in [0.717, 1.165) is 33.9 Å². The van der Waals surface area contributed by atoms with Crippen LogP contribution in [0.1, 0.15) is 25.2 Å². The molecule has 1 amide bonds. The van der Waals surface area contributed by atoms with Gasteiger partial charge in [0.15, 0.2) is 5.65 Å². The number of carbonyl (C=O) groups is 1. The largest absolute Gasteiger partial charge is 0.352 e. The van der Waals surface area contributed by atoms with Crippen molar-refractivity contribution in [2.45, 2.75) is 20.3 Å². The number of fused-ring (bicyclic) bond motifs is 1. The molecular weight excluding hydrogens is 460 g/mol. The molecule has 3 heterocycles. The average molecular weight is 489 g/mol. The summed E-state index contributed by atoms with van der Waals surface area (Å²) in [7, 11) is 0. The predicted octanol–water partition coefficient (Wildman–Crippen LogP) is 4.32. The van der Waals surface area contributed by atoms with Crippen molar-refractivity contribution in [3.8, 4) is 5.69 Å². The van der Waals surface area contributed by atoms with Gasteiger partial charge in [0.05, 0.1) is 22.7 Å². The van der Waals surface area contributed by atoms with Crippen molar-refractivity contribution < 1.29 is 4.79 Å². The fraction of sp³-hybridized carbons (Fsp3) is 0.333. The summed E-state index contributed by atoms with van der Waals surface area (Å²) in [5.41, 5.74) is 2.33. The van der Waals surface area contributed by atoms with E-state index in [1.165, 1.54) is 0 Å². The van der Waals surface area contributed by atoms with Gasteiger partial charge in [0, 0.05) is 38.5 Å². The third-order valence-electron chi connectivity index (χ3n) is 6.44. The quantitative estimate of drug-likeness (QED) is 0.378. The molecule has 35 heavy (non-hydrogen) atoms. The number of halogens is 1. The Kier molecular flexibility index (Phi) is 6.43. The first-order valence-electron chi connectivity index (χ1n) is 11.9. The monoisotopic (exact) mass is 488 g/mol. The van der Waals surface area contributed by atoms with E-state index in [-0.39, 0.29) is 5.91 Å². The van der Waals surface area contributed by atoms with Gasteiger partial charge < -0.3 is 9.80 Å². The Morgan fingerprint density at radius 3 is 2.26 bits per heavy atom. The van der Waals surface area contributed by atoms with Gasteiger partial charge in [-0.1, -0.05) is 48.5 Å². The topological polar surface area (TPSA) is 67.2 Å². The van der Waals surface area contributed by atoms with Gasteiger partial charge in [0.2, 0.25) is 5.91 Å². The lowest BCUT2D eigenvalue weighted by Gasteiger charge is -2.38. The average Bonchev–Trinajstić information content (AvgIpc) is 3.33. The van der Waals surface area contributed by atoms with Gasteiger partial charge in [0.1, 0.15) is 11.6 Å². The number of benzene rings is 2. The van der Waals surface area contributed by atoms with Crippen LogP contribution in [0.2, 0.25) is 0 Å². The third kappa shape index (κ3) is 4.73. The Bertz CT molecular complexity index is 1310. The zero-order valence-electron chi connectivity index (χ0n) is 20.1. The van der Waals surface area contributed by atoms with Gasteiger partial charge >= 0.3 is 0 Å². The molecule has 0 radical (unpaired) electrons. The van der Waals surface area contributed by atoms with E-state index >= 15 is 0 Å². The maximum absolute atomic E-state index is 12.9. The molecule has 1 aliphatic rings. The molecule has 2 aromatic carbocycles. The molecule has 5 rings (SSSR count). The number of nitrogens with zero attached hydrogens (tertiary/aromatic N) is 6. The number of anilines is 1. The highest BCUT2D eigenvalue weighted by atomic mass is 35.5. The van der Waals surface area contributed by atoms with Crippen molar-refractivity contribution in [2.24, 2.45) is 5.41 Å². The van der Waals surface area contributed by atoms with Crippen LogP contribution in [0.3, 0.4) is 0 Å². The standard InChI is InChI=1S/C27H29ClN6O/c1-27(2,19-28)26(35)33-15-13-32(14-16-33)24-22-18-29-34(21-11-7-4-8-12-21)25(22)31-23(30-24)17-20-9-5-3-6-10-20/h3-12,18H,13-17,19H2,1-2H3. The molecule has 7 nitrogen and oxygen atoms in total. The summed E-state index contributed by atoms with van der Waals surface area (Å²) < 4.78 is 1.87. The van der Waals surface area contributed by atoms with Crippen LogP contribution >= 0.6 is 11.6 Å². The Balaban J connectivity index is 1.50. The van der Waals surface area contributed by atoms with Gasteiger partial charge in [-0.15, -0.1) is 11.6 Å². The third-order valence-corrected chi connectivity index (χ3v) is 7.11. The van der Waals surface area contributed by atoms with E-state index in [4.69, 9.17) is 21.6 Å². The smallest absolute Gasteiger partial charge is 0.229 e. The highest BCUT2D eigenvalue weighted by molar-refractivity contribution is 6.19. The molecule has 1 saturated heterocycles. The minimum atomic E-state index is -0.564. The maximum Gasteiger partial charge on any atom is 0.229 e. The van der Waals surface area contributed by atoms with E-state index in [0.29, 0.717) is 38.5 Å². The second-order valence-corrected chi connectivity index (χ2v) is 9.82. The first-order valence-corrected chi connectivity index (χ1v) is 12.4. The number of hydrogen-bond donors (Lipinski definition) is 0. The van der Waals surface area contributed by atoms with E-state index in [2.05, 4.69) is 22.1 Å². The van der Waals surface area contributed by atoms with Crippen LogP contribution in [0.4, 0.5) is 5.82 Å². The summed E-state index contributed by atoms with van der Waals surface area (Å²) in [5, 5.41) is 5.57. The Labute approximate surface area is 210 Å². The summed E-state index contributed by atoms with van der Waals surface area (Å²) in [6.07, 6.45) is 2.48. The van der Waals surface area contributed by atoms with Crippen molar-refractivity contribution in [3.63, 3.8) is 0 Å². The molecule has 0 saturated carbocycles. The highest BCUT2D eigenvalue weighted by Gasteiger charge is 2.33.